The summed E-state index contributed by atoms with van der Waals surface area (Å²) in [6, 6.07) is 6.69. The number of aromatic nitrogens is 2. The second-order valence-electron chi connectivity index (χ2n) is 4.99. The summed E-state index contributed by atoms with van der Waals surface area (Å²) in [5.41, 5.74) is 0.748. The molecular formula is C14H14ClN3O3. The number of carbonyl (C=O) groups is 1. The molecule has 1 aliphatic rings. The maximum absolute atomic E-state index is 11.1. The van der Waals surface area contributed by atoms with Crippen LogP contribution in [0.15, 0.2) is 28.8 Å². The van der Waals surface area contributed by atoms with Gasteiger partial charge >= 0.3 is 5.97 Å². The van der Waals surface area contributed by atoms with Gasteiger partial charge in [-0.3, -0.25) is 9.69 Å². The summed E-state index contributed by atoms with van der Waals surface area (Å²) in [7, 11) is 0. The van der Waals surface area contributed by atoms with Crippen molar-refractivity contribution in [2.24, 2.45) is 0 Å². The molecule has 110 valence electrons. The van der Waals surface area contributed by atoms with Crippen LogP contribution in [0.4, 0.5) is 0 Å². The average Bonchev–Trinajstić information content (AvgIpc) is 3.08. The van der Waals surface area contributed by atoms with Gasteiger partial charge in [0, 0.05) is 10.6 Å². The molecule has 1 fully saturated rings. The van der Waals surface area contributed by atoms with Crippen LogP contribution < -0.4 is 0 Å². The predicted octanol–water partition coefficient (Wildman–Crippen LogP) is 2.44. The number of carboxylic acids is 1. The third-order valence-corrected chi connectivity index (χ3v) is 3.77. The van der Waals surface area contributed by atoms with Crippen LogP contribution >= 0.6 is 11.6 Å². The Morgan fingerprint density at radius 1 is 1.52 bits per heavy atom. The van der Waals surface area contributed by atoms with Crippen molar-refractivity contribution in [3.05, 3.63) is 35.1 Å². The van der Waals surface area contributed by atoms with Gasteiger partial charge in [-0.05, 0) is 37.6 Å². The number of carboxylic acid groups (broad SMARTS) is 1. The summed E-state index contributed by atoms with van der Waals surface area (Å²) in [5, 5.41) is 13.7. The summed E-state index contributed by atoms with van der Waals surface area (Å²) in [6.07, 6.45) is 1.53. The molecule has 0 bridgehead atoms. The molecule has 1 saturated heterocycles. The van der Waals surface area contributed by atoms with Gasteiger partial charge in [0.15, 0.2) is 5.82 Å². The molecule has 1 aliphatic heterocycles. The quantitative estimate of drug-likeness (QED) is 0.934. The lowest BCUT2D eigenvalue weighted by Crippen LogP contribution is -2.35. The van der Waals surface area contributed by atoms with Crippen molar-refractivity contribution in [3.63, 3.8) is 0 Å². The number of benzene rings is 1. The van der Waals surface area contributed by atoms with Crippen LogP contribution in [0.1, 0.15) is 18.7 Å². The van der Waals surface area contributed by atoms with Crippen molar-refractivity contribution in [3.8, 4) is 11.5 Å². The topological polar surface area (TPSA) is 79.5 Å². The van der Waals surface area contributed by atoms with E-state index in [0.29, 0.717) is 29.7 Å². The largest absolute Gasteiger partial charge is 0.480 e. The Balaban J connectivity index is 1.75. The Hall–Kier alpha value is -1.92. The average molecular weight is 308 g/mol. The summed E-state index contributed by atoms with van der Waals surface area (Å²) >= 11 is 5.93. The highest BCUT2D eigenvalue weighted by molar-refractivity contribution is 6.30. The molecular weight excluding hydrogens is 294 g/mol. The molecule has 2 heterocycles. The Bertz CT molecular complexity index is 658. The molecule has 1 aromatic heterocycles. The summed E-state index contributed by atoms with van der Waals surface area (Å²) in [4.78, 5) is 17.3. The fourth-order valence-corrected chi connectivity index (χ4v) is 2.72. The van der Waals surface area contributed by atoms with Gasteiger partial charge in [-0.25, -0.2) is 0 Å². The number of hydrogen-bond donors (Lipinski definition) is 1. The van der Waals surface area contributed by atoms with Crippen LogP contribution in [-0.2, 0) is 11.3 Å². The normalized spacial score (nSPS) is 19.0. The molecule has 6 nitrogen and oxygen atoms in total. The first-order valence-electron chi connectivity index (χ1n) is 6.69. The zero-order valence-corrected chi connectivity index (χ0v) is 12.0. The number of aliphatic carboxylic acids is 1. The SMILES string of the molecule is O=C(O)[C@H]1CCCN1Cc1noc(-c2cccc(Cl)c2)n1. The minimum absolute atomic E-state index is 0.376. The van der Waals surface area contributed by atoms with Crippen LogP contribution in [0.25, 0.3) is 11.5 Å². The zero-order valence-electron chi connectivity index (χ0n) is 11.2. The van der Waals surface area contributed by atoms with Gasteiger partial charge in [-0.15, -0.1) is 0 Å². The van der Waals surface area contributed by atoms with E-state index in [4.69, 9.17) is 21.2 Å². The molecule has 0 amide bonds. The van der Waals surface area contributed by atoms with E-state index in [1.165, 1.54) is 0 Å². The Labute approximate surface area is 126 Å². The smallest absolute Gasteiger partial charge is 0.320 e. The van der Waals surface area contributed by atoms with E-state index in [0.717, 1.165) is 18.5 Å². The molecule has 1 atom stereocenters. The van der Waals surface area contributed by atoms with Crippen molar-refractivity contribution < 1.29 is 14.4 Å². The minimum atomic E-state index is -0.800. The molecule has 1 aromatic carbocycles. The third-order valence-electron chi connectivity index (χ3n) is 3.53. The number of likely N-dealkylation sites (tertiary alicyclic amines) is 1. The summed E-state index contributed by atoms with van der Waals surface area (Å²) < 4.78 is 5.22. The van der Waals surface area contributed by atoms with Gasteiger partial charge < -0.3 is 9.63 Å². The van der Waals surface area contributed by atoms with E-state index in [9.17, 15) is 4.79 Å². The Kier molecular flexibility index (Phi) is 3.90. The monoisotopic (exact) mass is 307 g/mol. The first-order chi connectivity index (χ1) is 10.1. The first-order valence-corrected chi connectivity index (χ1v) is 7.06. The van der Waals surface area contributed by atoms with Crippen molar-refractivity contribution in [2.45, 2.75) is 25.4 Å². The molecule has 21 heavy (non-hydrogen) atoms. The zero-order chi connectivity index (χ0) is 14.8. The van der Waals surface area contributed by atoms with Crippen LogP contribution in [0.5, 0.6) is 0 Å². The highest BCUT2D eigenvalue weighted by Gasteiger charge is 2.31. The summed E-state index contributed by atoms with van der Waals surface area (Å²) in [5.74, 6) is 0.0720. The van der Waals surface area contributed by atoms with E-state index < -0.39 is 12.0 Å². The molecule has 1 N–H and O–H groups in total. The second-order valence-corrected chi connectivity index (χ2v) is 5.43. The van der Waals surface area contributed by atoms with Crippen molar-refractivity contribution >= 4 is 17.6 Å². The van der Waals surface area contributed by atoms with Crippen molar-refractivity contribution in [1.29, 1.82) is 0 Å². The summed E-state index contributed by atoms with van der Waals surface area (Å²) in [6.45, 7) is 1.11. The number of hydrogen-bond acceptors (Lipinski definition) is 5. The molecule has 0 saturated carbocycles. The maximum atomic E-state index is 11.1. The molecule has 2 aromatic rings. The van der Waals surface area contributed by atoms with Gasteiger partial charge in [-0.1, -0.05) is 22.8 Å². The van der Waals surface area contributed by atoms with Gasteiger partial charge in [0.2, 0.25) is 0 Å². The Morgan fingerprint density at radius 3 is 3.14 bits per heavy atom. The van der Waals surface area contributed by atoms with Crippen molar-refractivity contribution in [1.82, 2.24) is 15.0 Å². The molecule has 7 heteroatoms. The van der Waals surface area contributed by atoms with Gasteiger partial charge in [0.1, 0.15) is 6.04 Å². The fraction of sp³-hybridized carbons (Fsp3) is 0.357. The lowest BCUT2D eigenvalue weighted by atomic mass is 10.2. The number of halogens is 1. The van der Waals surface area contributed by atoms with Gasteiger partial charge in [0.05, 0.1) is 6.54 Å². The predicted molar refractivity (Wildman–Crippen MR) is 75.8 cm³/mol. The van der Waals surface area contributed by atoms with E-state index in [2.05, 4.69) is 10.1 Å². The Morgan fingerprint density at radius 2 is 2.38 bits per heavy atom. The lowest BCUT2D eigenvalue weighted by Gasteiger charge is -2.18. The van der Waals surface area contributed by atoms with Crippen LogP contribution in [0, 0.1) is 0 Å². The molecule has 3 rings (SSSR count). The second kappa shape index (κ2) is 5.83. The molecule has 0 unspecified atom stereocenters. The molecule has 0 aliphatic carbocycles. The van der Waals surface area contributed by atoms with Gasteiger partial charge in [0.25, 0.3) is 5.89 Å². The van der Waals surface area contributed by atoms with E-state index in [1.807, 2.05) is 17.0 Å². The fourth-order valence-electron chi connectivity index (χ4n) is 2.53. The van der Waals surface area contributed by atoms with E-state index >= 15 is 0 Å². The lowest BCUT2D eigenvalue weighted by molar-refractivity contribution is -0.142. The van der Waals surface area contributed by atoms with Crippen molar-refractivity contribution in [2.75, 3.05) is 6.54 Å². The third kappa shape index (κ3) is 3.06. The van der Waals surface area contributed by atoms with E-state index in [1.54, 1.807) is 12.1 Å². The van der Waals surface area contributed by atoms with Gasteiger partial charge in [-0.2, -0.15) is 4.98 Å². The van der Waals surface area contributed by atoms with Crippen LogP contribution in [-0.4, -0.2) is 38.7 Å². The van der Waals surface area contributed by atoms with E-state index in [-0.39, 0.29) is 0 Å². The highest BCUT2D eigenvalue weighted by atomic mass is 35.5. The number of nitrogens with zero attached hydrogens (tertiary/aromatic N) is 3. The first kappa shape index (κ1) is 14.0. The standard InChI is InChI=1S/C14H14ClN3O3/c15-10-4-1-3-9(7-10)13-16-12(17-21-13)8-18-6-2-5-11(18)14(19)20/h1,3-4,7,11H,2,5-6,8H2,(H,19,20)/t11-/m1/s1. The highest BCUT2D eigenvalue weighted by Crippen LogP contribution is 2.23. The molecule has 0 spiro atoms. The van der Waals surface area contributed by atoms with Crippen LogP contribution in [0.2, 0.25) is 5.02 Å². The van der Waals surface area contributed by atoms with Crippen LogP contribution in [0.3, 0.4) is 0 Å². The molecule has 0 radical (unpaired) electrons. The maximum Gasteiger partial charge on any atom is 0.320 e. The number of rotatable bonds is 4. The minimum Gasteiger partial charge on any atom is -0.480 e.